The maximum absolute atomic E-state index is 12.6. The summed E-state index contributed by atoms with van der Waals surface area (Å²) in [6.45, 7) is 0. The van der Waals surface area contributed by atoms with Gasteiger partial charge in [-0.2, -0.15) is 0 Å². The monoisotopic (exact) mass is 216 g/mol. The standard InChI is InChI=1S/C12H9FN2O/c13-9-6-7-11(14-8-9)12(16)15-10-4-2-1-3-5-10/h1-8H,(H,15,16). The van der Waals surface area contributed by atoms with Crippen molar-refractivity contribution in [2.75, 3.05) is 5.32 Å². The van der Waals surface area contributed by atoms with Gasteiger partial charge >= 0.3 is 0 Å². The Morgan fingerprint density at radius 1 is 1.12 bits per heavy atom. The van der Waals surface area contributed by atoms with Gasteiger partial charge in [0, 0.05) is 5.69 Å². The second-order valence-electron chi connectivity index (χ2n) is 3.18. The van der Waals surface area contributed by atoms with Crippen LogP contribution in [-0.2, 0) is 0 Å². The van der Waals surface area contributed by atoms with Crippen molar-refractivity contribution < 1.29 is 9.18 Å². The van der Waals surface area contributed by atoms with E-state index in [1.165, 1.54) is 12.1 Å². The number of carbonyl (C=O) groups excluding carboxylic acids is 1. The maximum Gasteiger partial charge on any atom is 0.274 e. The van der Waals surface area contributed by atoms with E-state index in [0.29, 0.717) is 5.69 Å². The molecule has 0 spiro atoms. The van der Waals surface area contributed by atoms with Crippen LogP contribution in [0.25, 0.3) is 0 Å². The smallest absolute Gasteiger partial charge is 0.274 e. The molecule has 0 unspecified atom stereocenters. The predicted octanol–water partition coefficient (Wildman–Crippen LogP) is 2.47. The lowest BCUT2D eigenvalue weighted by Crippen LogP contribution is -2.13. The lowest BCUT2D eigenvalue weighted by molar-refractivity contribution is 0.102. The van der Waals surface area contributed by atoms with Gasteiger partial charge in [0.15, 0.2) is 0 Å². The number of amides is 1. The minimum absolute atomic E-state index is 0.185. The summed E-state index contributed by atoms with van der Waals surface area (Å²) >= 11 is 0. The lowest BCUT2D eigenvalue weighted by Gasteiger charge is -2.03. The zero-order chi connectivity index (χ0) is 11.4. The highest BCUT2D eigenvalue weighted by Gasteiger charge is 2.06. The number of hydrogen-bond donors (Lipinski definition) is 1. The Bertz CT molecular complexity index is 482. The fourth-order valence-electron chi connectivity index (χ4n) is 1.23. The molecule has 0 aliphatic rings. The van der Waals surface area contributed by atoms with Crippen molar-refractivity contribution in [3.63, 3.8) is 0 Å². The fourth-order valence-corrected chi connectivity index (χ4v) is 1.23. The van der Waals surface area contributed by atoms with Crippen molar-refractivity contribution in [1.82, 2.24) is 4.98 Å². The molecule has 2 aromatic rings. The molecule has 0 saturated heterocycles. The first-order chi connectivity index (χ1) is 7.75. The Morgan fingerprint density at radius 3 is 2.50 bits per heavy atom. The maximum atomic E-state index is 12.6. The van der Waals surface area contributed by atoms with Gasteiger partial charge in [0.05, 0.1) is 6.20 Å². The van der Waals surface area contributed by atoms with Gasteiger partial charge in [-0.3, -0.25) is 4.79 Å². The molecular weight excluding hydrogens is 207 g/mol. The van der Waals surface area contributed by atoms with Crippen LogP contribution in [0, 0.1) is 5.82 Å². The number of nitrogens with zero attached hydrogens (tertiary/aromatic N) is 1. The number of aromatic nitrogens is 1. The van der Waals surface area contributed by atoms with Crippen molar-refractivity contribution >= 4 is 11.6 Å². The Morgan fingerprint density at radius 2 is 1.88 bits per heavy atom. The third-order valence-corrected chi connectivity index (χ3v) is 1.99. The number of rotatable bonds is 2. The summed E-state index contributed by atoms with van der Waals surface area (Å²) in [6.07, 6.45) is 1.01. The first kappa shape index (κ1) is 10.3. The molecule has 2 rings (SSSR count). The molecule has 1 aromatic carbocycles. The minimum Gasteiger partial charge on any atom is -0.321 e. The molecule has 1 N–H and O–H groups in total. The molecule has 4 heteroatoms. The number of carbonyl (C=O) groups is 1. The summed E-state index contributed by atoms with van der Waals surface area (Å²) < 4.78 is 12.6. The van der Waals surface area contributed by atoms with E-state index < -0.39 is 5.82 Å². The van der Waals surface area contributed by atoms with Crippen molar-refractivity contribution in [2.45, 2.75) is 0 Å². The molecule has 80 valence electrons. The summed E-state index contributed by atoms with van der Waals surface area (Å²) in [7, 11) is 0. The zero-order valence-corrected chi connectivity index (χ0v) is 8.35. The topological polar surface area (TPSA) is 42.0 Å². The van der Waals surface area contributed by atoms with Gasteiger partial charge in [0.25, 0.3) is 5.91 Å². The van der Waals surface area contributed by atoms with Crippen LogP contribution in [0.5, 0.6) is 0 Å². The van der Waals surface area contributed by atoms with Crippen LogP contribution in [0.15, 0.2) is 48.7 Å². The summed E-state index contributed by atoms with van der Waals surface area (Å²) in [5, 5.41) is 2.65. The van der Waals surface area contributed by atoms with Gasteiger partial charge in [-0.1, -0.05) is 18.2 Å². The van der Waals surface area contributed by atoms with Crippen molar-refractivity contribution in [3.8, 4) is 0 Å². The number of halogens is 1. The van der Waals surface area contributed by atoms with E-state index in [4.69, 9.17) is 0 Å². The SMILES string of the molecule is O=C(Nc1ccccc1)c1ccc(F)cn1. The normalized spacial score (nSPS) is 9.81. The van der Waals surface area contributed by atoms with Crippen LogP contribution in [0.2, 0.25) is 0 Å². The third-order valence-electron chi connectivity index (χ3n) is 1.99. The predicted molar refractivity (Wildman–Crippen MR) is 58.6 cm³/mol. The third kappa shape index (κ3) is 2.42. The van der Waals surface area contributed by atoms with E-state index in [1.807, 2.05) is 18.2 Å². The summed E-state index contributed by atoms with van der Waals surface area (Å²) in [4.78, 5) is 15.3. The first-order valence-electron chi connectivity index (χ1n) is 4.73. The molecule has 0 saturated carbocycles. The van der Waals surface area contributed by atoms with Gasteiger partial charge < -0.3 is 5.32 Å². The van der Waals surface area contributed by atoms with E-state index >= 15 is 0 Å². The molecular formula is C12H9FN2O. The van der Waals surface area contributed by atoms with E-state index in [2.05, 4.69) is 10.3 Å². The number of anilines is 1. The molecule has 1 aromatic heterocycles. The molecule has 3 nitrogen and oxygen atoms in total. The second kappa shape index (κ2) is 4.53. The van der Waals surface area contributed by atoms with Gasteiger partial charge in [-0.25, -0.2) is 9.37 Å². The van der Waals surface area contributed by atoms with Crippen LogP contribution < -0.4 is 5.32 Å². The molecule has 0 aliphatic heterocycles. The van der Waals surface area contributed by atoms with Crippen molar-refractivity contribution in [3.05, 3.63) is 60.2 Å². The number of hydrogen-bond acceptors (Lipinski definition) is 2. The van der Waals surface area contributed by atoms with Crippen LogP contribution in [0.4, 0.5) is 10.1 Å². The Hall–Kier alpha value is -2.23. The van der Waals surface area contributed by atoms with Crippen molar-refractivity contribution in [1.29, 1.82) is 0 Å². The van der Waals surface area contributed by atoms with E-state index in [-0.39, 0.29) is 11.6 Å². The summed E-state index contributed by atoms with van der Waals surface area (Å²) in [5.41, 5.74) is 0.865. The highest BCUT2D eigenvalue weighted by atomic mass is 19.1. The molecule has 0 radical (unpaired) electrons. The average Bonchev–Trinajstić information content (AvgIpc) is 2.31. The highest BCUT2D eigenvalue weighted by molar-refractivity contribution is 6.02. The molecule has 1 amide bonds. The highest BCUT2D eigenvalue weighted by Crippen LogP contribution is 2.07. The van der Waals surface area contributed by atoms with E-state index in [9.17, 15) is 9.18 Å². The molecule has 0 fully saturated rings. The van der Waals surface area contributed by atoms with Crippen LogP contribution in [0.3, 0.4) is 0 Å². The lowest BCUT2D eigenvalue weighted by atomic mass is 10.3. The Labute approximate surface area is 92.0 Å². The summed E-state index contributed by atoms with van der Waals surface area (Å²) in [5.74, 6) is -0.817. The largest absolute Gasteiger partial charge is 0.321 e. The zero-order valence-electron chi connectivity index (χ0n) is 8.35. The van der Waals surface area contributed by atoms with Gasteiger partial charge in [0.2, 0.25) is 0 Å². The Kier molecular flexibility index (Phi) is 2.91. The van der Waals surface area contributed by atoms with Gasteiger partial charge in [0.1, 0.15) is 11.5 Å². The van der Waals surface area contributed by atoms with Crippen LogP contribution in [0.1, 0.15) is 10.5 Å². The summed E-state index contributed by atoms with van der Waals surface area (Å²) in [6, 6.07) is 11.6. The Balaban J connectivity index is 2.12. The first-order valence-corrected chi connectivity index (χ1v) is 4.73. The van der Waals surface area contributed by atoms with Crippen LogP contribution in [-0.4, -0.2) is 10.9 Å². The number of pyridine rings is 1. The molecule has 1 heterocycles. The fraction of sp³-hybridized carbons (Fsp3) is 0. The van der Waals surface area contributed by atoms with E-state index in [0.717, 1.165) is 6.20 Å². The number of benzene rings is 1. The molecule has 0 atom stereocenters. The number of para-hydroxylation sites is 1. The molecule has 0 bridgehead atoms. The molecule has 16 heavy (non-hydrogen) atoms. The van der Waals surface area contributed by atoms with Gasteiger partial charge in [-0.15, -0.1) is 0 Å². The minimum atomic E-state index is -0.462. The molecule has 0 aliphatic carbocycles. The average molecular weight is 216 g/mol. The quantitative estimate of drug-likeness (QED) is 0.837. The number of nitrogens with one attached hydrogen (secondary N) is 1. The van der Waals surface area contributed by atoms with E-state index in [1.54, 1.807) is 12.1 Å². The van der Waals surface area contributed by atoms with Crippen LogP contribution >= 0.6 is 0 Å². The second-order valence-corrected chi connectivity index (χ2v) is 3.18. The van der Waals surface area contributed by atoms with Crippen molar-refractivity contribution in [2.24, 2.45) is 0 Å². The van der Waals surface area contributed by atoms with Gasteiger partial charge in [-0.05, 0) is 24.3 Å².